The van der Waals surface area contributed by atoms with Gasteiger partial charge in [0.2, 0.25) is 0 Å². The number of nitrogens with zero attached hydrogens (tertiary/aromatic N) is 2. The van der Waals surface area contributed by atoms with Crippen LogP contribution in [-0.4, -0.2) is 43.1 Å². The first-order valence-electron chi connectivity index (χ1n) is 6.79. The molecule has 1 unspecified atom stereocenters. The van der Waals surface area contributed by atoms with Crippen LogP contribution in [0.1, 0.15) is 16.5 Å². The summed E-state index contributed by atoms with van der Waals surface area (Å²) in [6, 6.07) is 7.49. The lowest BCUT2D eigenvalue weighted by atomic mass is 10.1. The molecule has 1 N–H and O–H groups in total. The number of aliphatic hydroxyl groups is 1. The van der Waals surface area contributed by atoms with Crippen LogP contribution in [0.15, 0.2) is 30.5 Å². The molecule has 1 fully saturated rings. The molecule has 0 radical (unpaired) electrons. The van der Waals surface area contributed by atoms with Gasteiger partial charge in [0.05, 0.1) is 16.4 Å². The van der Waals surface area contributed by atoms with Crippen LogP contribution in [0.25, 0.3) is 0 Å². The van der Waals surface area contributed by atoms with Gasteiger partial charge in [-0.1, -0.05) is 23.7 Å². The fraction of sp³-hybridized carbons (Fsp3) is 0.357. The van der Waals surface area contributed by atoms with E-state index >= 15 is 0 Å². The van der Waals surface area contributed by atoms with Gasteiger partial charge < -0.3 is 10.0 Å². The normalized spacial score (nSPS) is 19.1. The lowest BCUT2D eigenvalue weighted by molar-refractivity contribution is 0.224. The first kappa shape index (κ1) is 15.7. The average molecular weight is 359 g/mol. The van der Waals surface area contributed by atoms with Gasteiger partial charge in [0.15, 0.2) is 14.3 Å². The topological polar surface area (TPSA) is 70.5 Å². The van der Waals surface area contributed by atoms with Crippen molar-refractivity contribution in [2.45, 2.75) is 6.10 Å². The molecule has 2 heterocycles. The third-order valence-corrected chi connectivity index (χ3v) is 6.46. The summed E-state index contributed by atoms with van der Waals surface area (Å²) in [5.41, 5.74) is 1.72. The van der Waals surface area contributed by atoms with E-state index in [1.54, 1.807) is 6.20 Å². The van der Waals surface area contributed by atoms with E-state index in [9.17, 15) is 13.5 Å². The van der Waals surface area contributed by atoms with Crippen molar-refractivity contribution in [1.29, 1.82) is 0 Å². The van der Waals surface area contributed by atoms with E-state index in [1.165, 1.54) is 11.3 Å². The first-order chi connectivity index (χ1) is 10.4. The van der Waals surface area contributed by atoms with Gasteiger partial charge in [-0.25, -0.2) is 13.4 Å². The Balaban J connectivity index is 1.73. The van der Waals surface area contributed by atoms with E-state index in [4.69, 9.17) is 11.6 Å². The molecule has 1 atom stereocenters. The maximum Gasteiger partial charge on any atom is 0.183 e. The van der Waals surface area contributed by atoms with Gasteiger partial charge in [0.1, 0.15) is 6.10 Å². The molecule has 1 aliphatic heterocycles. The Morgan fingerprint density at radius 2 is 1.86 bits per heavy atom. The number of benzene rings is 1. The zero-order chi connectivity index (χ0) is 15.7. The molecular formula is C14H15ClN2O3S2. The maximum atomic E-state index is 11.5. The van der Waals surface area contributed by atoms with Crippen LogP contribution in [0, 0.1) is 0 Å². The molecular weight excluding hydrogens is 344 g/mol. The van der Waals surface area contributed by atoms with Gasteiger partial charge >= 0.3 is 0 Å². The Morgan fingerprint density at radius 1 is 1.23 bits per heavy atom. The van der Waals surface area contributed by atoms with Gasteiger partial charge in [-0.05, 0) is 17.7 Å². The van der Waals surface area contributed by atoms with Crippen molar-refractivity contribution in [1.82, 2.24) is 4.98 Å². The highest BCUT2D eigenvalue weighted by Crippen LogP contribution is 2.30. The summed E-state index contributed by atoms with van der Waals surface area (Å²) >= 11 is 7.03. The van der Waals surface area contributed by atoms with E-state index in [0.29, 0.717) is 22.4 Å². The highest BCUT2D eigenvalue weighted by Gasteiger charge is 2.22. The Morgan fingerprint density at radius 3 is 2.41 bits per heavy atom. The minimum absolute atomic E-state index is 0.191. The van der Waals surface area contributed by atoms with Crippen LogP contribution in [0.5, 0.6) is 0 Å². The first-order valence-corrected chi connectivity index (χ1v) is 9.81. The summed E-state index contributed by atoms with van der Waals surface area (Å²) in [6.07, 6.45) is 0.821. The minimum Gasteiger partial charge on any atom is -0.383 e. The molecule has 0 spiro atoms. The van der Waals surface area contributed by atoms with E-state index in [2.05, 4.69) is 4.98 Å². The molecule has 22 heavy (non-hydrogen) atoms. The average Bonchev–Trinajstić information content (AvgIpc) is 2.93. The summed E-state index contributed by atoms with van der Waals surface area (Å²) in [6.45, 7) is 1.02. The van der Waals surface area contributed by atoms with Gasteiger partial charge in [-0.15, -0.1) is 11.3 Å². The number of rotatable bonds is 3. The molecule has 2 aromatic rings. The fourth-order valence-electron chi connectivity index (χ4n) is 2.39. The molecule has 1 aromatic carbocycles. The Bertz CT molecular complexity index is 745. The van der Waals surface area contributed by atoms with Crippen LogP contribution in [0.3, 0.4) is 0 Å². The SMILES string of the molecule is O=S1(=O)CCN(c2ccc(C(O)c3cnc(Cl)s3)cc2)CC1. The van der Waals surface area contributed by atoms with Crippen LogP contribution < -0.4 is 4.90 Å². The number of anilines is 1. The number of thiazole rings is 1. The van der Waals surface area contributed by atoms with Crippen LogP contribution in [0.2, 0.25) is 4.47 Å². The van der Waals surface area contributed by atoms with Crippen LogP contribution >= 0.6 is 22.9 Å². The summed E-state index contributed by atoms with van der Waals surface area (Å²) in [4.78, 5) is 6.67. The number of sulfone groups is 1. The van der Waals surface area contributed by atoms with E-state index in [1.807, 2.05) is 29.2 Å². The summed E-state index contributed by atoms with van der Waals surface area (Å²) < 4.78 is 23.3. The lowest BCUT2D eigenvalue weighted by Crippen LogP contribution is -2.40. The predicted molar refractivity (Wildman–Crippen MR) is 88.5 cm³/mol. The molecule has 0 saturated carbocycles. The summed E-state index contributed by atoms with van der Waals surface area (Å²) in [7, 11) is -2.88. The lowest BCUT2D eigenvalue weighted by Gasteiger charge is -2.29. The quantitative estimate of drug-likeness (QED) is 0.910. The summed E-state index contributed by atoms with van der Waals surface area (Å²) in [5, 5.41) is 10.3. The molecule has 1 saturated heterocycles. The molecule has 1 aromatic heterocycles. The van der Waals surface area contributed by atoms with Crippen molar-refractivity contribution in [2.24, 2.45) is 0 Å². The molecule has 0 amide bonds. The van der Waals surface area contributed by atoms with E-state index in [0.717, 1.165) is 11.3 Å². The van der Waals surface area contributed by atoms with Crippen molar-refractivity contribution < 1.29 is 13.5 Å². The standard InChI is InChI=1S/C14H15ClN2O3S2/c15-14-16-9-12(21-14)13(18)10-1-3-11(4-2-10)17-5-7-22(19,20)8-6-17/h1-4,9,13,18H,5-8H2. The minimum atomic E-state index is -2.88. The highest BCUT2D eigenvalue weighted by molar-refractivity contribution is 7.91. The second-order valence-corrected chi connectivity index (χ2v) is 9.10. The molecule has 8 heteroatoms. The van der Waals surface area contributed by atoms with Crippen molar-refractivity contribution in [3.05, 3.63) is 45.4 Å². The Hall–Kier alpha value is -1.15. The zero-order valence-corrected chi connectivity index (χ0v) is 14.0. The number of aliphatic hydroxyl groups excluding tert-OH is 1. The van der Waals surface area contributed by atoms with Gasteiger partial charge in [0, 0.05) is 25.0 Å². The smallest absolute Gasteiger partial charge is 0.183 e. The second kappa shape index (κ2) is 6.16. The van der Waals surface area contributed by atoms with Crippen molar-refractivity contribution >= 4 is 38.5 Å². The predicted octanol–water partition coefficient (Wildman–Crippen LogP) is 2.11. The number of aromatic nitrogens is 1. The molecule has 1 aliphatic rings. The van der Waals surface area contributed by atoms with E-state index in [-0.39, 0.29) is 11.5 Å². The maximum absolute atomic E-state index is 11.5. The molecule has 118 valence electrons. The largest absolute Gasteiger partial charge is 0.383 e. The van der Waals surface area contributed by atoms with E-state index < -0.39 is 15.9 Å². The molecule has 3 rings (SSSR count). The van der Waals surface area contributed by atoms with Gasteiger partial charge in [-0.3, -0.25) is 0 Å². The van der Waals surface area contributed by atoms with Gasteiger partial charge in [0.25, 0.3) is 0 Å². The monoisotopic (exact) mass is 358 g/mol. The van der Waals surface area contributed by atoms with Crippen molar-refractivity contribution in [3.8, 4) is 0 Å². The van der Waals surface area contributed by atoms with Crippen molar-refractivity contribution in [3.63, 3.8) is 0 Å². The molecule has 0 bridgehead atoms. The second-order valence-electron chi connectivity index (χ2n) is 5.15. The zero-order valence-electron chi connectivity index (χ0n) is 11.6. The molecule has 0 aliphatic carbocycles. The highest BCUT2D eigenvalue weighted by atomic mass is 35.5. The third-order valence-electron chi connectivity index (χ3n) is 3.68. The van der Waals surface area contributed by atoms with Crippen molar-refractivity contribution in [2.75, 3.05) is 29.5 Å². The third kappa shape index (κ3) is 3.43. The number of hydrogen-bond donors (Lipinski definition) is 1. The fourth-order valence-corrected chi connectivity index (χ4v) is 4.56. The number of hydrogen-bond acceptors (Lipinski definition) is 6. The Labute approximate surface area is 138 Å². The summed E-state index contributed by atoms with van der Waals surface area (Å²) in [5.74, 6) is 0.382. The van der Waals surface area contributed by atoms with Crippen LogP contribution in [0.4, 0.5) is 5.69 Å². The number of halogens is 1. The van der Waals surface area contributed by atoms with Crippen LogP contribution in [-0.2, 0) is 9.84 Å². The Kier molecular flexibility index (Phi) is 4.40. The van der Waals surface area contributed by atoms with Gasteiger partial charge in [-0.2, -0.15) is 0 Å². The molecule has 5 nitrogen and oxygen atoms in total.